The number of nitrogens with one attached hydrogen (secondary N) is 1. The fraction of sp³-hybridized carbons (Fsp3) is 0.0588. The molecule has 0 saturated carbocycles. The van der Waals surface area contributed by atoms with Gasteiger partial charge in [-0.2, -0.15) is 0 Å². The number of hydrogen-bond donors (Lipinski definition) is 1. The number of rotatable bonds is 4. The van der Waals surface area contributed by atoms with Gasteiger partial charge < -0.3 is 0 Å². The van der Waals surface area contributed by atoms with E-state index in [9.17, 15) is 8.42 Å². The van der Waals surface area contributed by atoms with Gasteiger partial charge >= 0.3 is 0 Å². The summed E-state index contributed by atoms with van der Waals surface area (Å²) in [5.41, 5.74) is 1.84. The predicted molar refractivity (Wildman–Crippen MR) is 97.2 cm³/mol. The van der Waals surface area contributed by atoms with Crippen LogP contribution in [-0.2, 0) is 10.0 Å². The van der Waals surface area contributed by atoms with E-state index in [-0.39, 0.29) is 4.90 Å². The molecule has 0 bridgehead atoms. The molecule has 3 aromatic rings. The van der Waals surface area contributed by atoms with E-state index in [0.717, 1.165) is 5.56 Å². The third-order valence-electron chi connectivity index (χ3n) is 3.38. The topological polar surface area (TPSA) is 72.0 Å². The molecule has 1 aromatic heterocycles. The summed E-state index contributed by atoms with van der Waals surface area (Å²) < 4.78 is 28.3. The van der Waals surface area contributed by atoms with Crippen molar-refractivity contribution in [2.75, 3.05) is 4.72 Å². The highest BCUT2D eigenvalue weighted by molar-refractivity contribution is 9.10. The molecular formula is C17H14BrN3O2S. The van der Waals surface area contributed by atoms with Gasteiger partial charge in [0.2, 0.25) is 0 Å². The minimum atomic E-state index is -3.70. The molecule has 0 saturated heterocycles. The average Bonchev–Trinajstić information content (AvgIpc) is 2.58. The van der Waals surface area contributed by atoms with E-state index in [1.54, 1.807) is 25.1 Å². The Balaban J connectivity index is 1.87. The Bertz CT molecular complexity index is 959. The molecule has 0 atom stereocenters. The first-order valence-electron chi connectivity index (χ1n) is 7.12. The minimum Gasteiger partial charge on any atom is -0.276 e. The van der Waals surface area contributed by atoms with Crippen molar-refractivity contribution in [3.63, 3.8) is 0 Å². The summed E-state index contributed by atoms with van der Waals surface area (Å²) in [5.74, 6) is 0.539. The number of hydrogen-bond acceptors (Lipinski definition) is 4. The van der Waals surface area contributed by atoms with Crippen LogP contribution in [0.1, 0.15) is 5.56 Å². The summed E-state index contributed by atoms with van der Waals surface area (Å²) >= 11 is 3.29. The lowest BCUT2D eigenvalue weighted by Crippen LogP contribution is -2.14. The number of sulfonamides is 1. The van der Waals surface area contributed by atoms with Crippen molar-refractivity contribution in [2.45, 2.75) is 11.8 Å². The van der Waals surface area contributed by atoms with Crippen LogP contribution in [0.5, 0.6) is 0 Å². The van der Waals surface area contributed by atoms with E-state index in [4.69, 9.17) is 0 Å². The Morgan fingerprint density at radius 3 is 2.33 bits per heavy atom. The first-order chi connectivity index (χ1) is 11.5. The molecule has 1 N–H and O–H groups in total. The van der Waals surface area contributed by atoms with E-state index in [1.807, 2.05) is 30.3 Å². The monoisotopic (exact) mass is 403 g/mol. The fourth-order valence-electron chi connectivity index (χ4n) is 2.19. The number of anilines is 1. The van der Waals surface area contributed by atoms with Gasteiger partial charge in [0.1, 0.15) is 0 Å². The molecule has 0 fully saturated rings. The van der Waals surface area contributed by atoms with Crippen molar-refractivity contribution in [1.29, 1.82) is 0 Å². The summed E-state index contributed by atoms with van der Waals surface area (Å²) in [6, 6.07) is 14.6. The van der Waals surface area contributed by atoms with Crippen molar-refractivity contribution in [3.05, 3.63) is 71.0 Å². The molecular weight excluding hydrogens is 390 g/mol. The lowest BCUT2D eigenvalue weighted by molar-refractivity contribution is 0.600. The van der Waals surface area contributed by atoms with Crippen LogP contribution in [-0.4, -0.2) is 18.4 Å². The zero-order valence-corrected chi connectivity index (χ0v) is 15.2. The van der Waals surface area contributed by atoms with Crippen LogP contribution < -0.4 is 4.72 Å². The van der Waals surface area contributed by atoms with Crippen LogP contribution in [0.3, 0.4) is 0 Å². The summed E-state index contributed by atoms with van der Waals surface area (Å²) in [6.45, 7) is 1.75. The summed E-state index contributed by atoms with van der Waals surface area (Å²) in [4.78, 5) is 8.65. The Kier molecular flexibility index (Phi) is 4.64. The van der Waals surface area contributed by atoms with Crippen molar-refractivity contribution in [2.24, 2.45) is 0 Å². The Hall–Kier alpha value is -2.25. The first-order valence-corrected chi connectivity index (χ1v) is 9.40. The van der Waals surface area contributed by atoms with Gasteiger partial charge in [-0.15, -0.1) is 0 Å². The predicted octanol–water partition coefficient (Wildman–Crippen LogP) is 4.02. The zero-order valence-electron chi connectivity index (χ0n) is 12.8. The molecule has 0 spiro atoms. The van der Waals surface area contributed by atoms with Crippen LogP contribution >= 0.6 is 15.9 Å². The number of nitrogens with zero attached hydrogens (tertiary/aromatic N) is 2. The van der Waals surface area contributed by atoms with E-state index >= 15 is 0 Å². The van der Waals surface area contributed by atoms with Crippen LogP contribution in [0.25, 0.3) is 11.4 Å². The maximum atomic E-state index is 12.5. The van der Waals surface area contributed by atoms with Gasteiger partial charge in [0, 0.05) is 10.0 Å². The molecule has 1 heterocycles. The van der Waals surface area contributed by atoms with Gasteiger partial charge in [-0.25, -0.2) is 18.4 Å². The Morgan fingerprint density at radius 2 is 1.67 bits per heavy atom. The molecule has 5 nitrogen and oxygen atoms in total. The van der Waals surface area contributed by atoms with E-state index < -0.39 is 10.0 Å². The van der Waals surface area contributed by atoms with Gasteiger partial charge in [-0.1, -0.05) is 52.3 Å². The lowest BCUT2D eigenvalue weighted by atomic mass is 10.2. The zero-order chi connectivity index (χ0) is 17.2. The molecule has 0 aliphatic heterocycles. The molecule has 0 unspecified atom stereocenters. The third kappa shape index (κ3) is 3.63. The second-order valence-electron chi connectivity index (χ2n) is 5.18. The van der Waals surface area contributed by atoms with E-state index in [1.165, 1.54) is 12.4 Å². The summed E-state index contributed by atoms with van der Waals surface area (Å²) in [6.07, 6.45) is 2.92. The second kappa shape index (κ2) is 6.70. The molecule has 3 rings (SSSR count). The number of aromatic nitrogens is 2. The van der Waals surface area contributed by atoms with Crippen molar-refractivity contribution < 1.29 is 8.42 Å². The highest BCUT2D eigenvalue weighted by Gasteiger charge is 2.17. The SMILES string of the molecule is Cc1ccc(Br)cc1S(=O)(=O)Nc1cnc(-c2ccccc2)nc1. The molecule has 7 heteroatoms. The average molecular weight is 404 g/mol. The lowest BCUT2D eigenvalue weighted by Gasteiger charge is -2.10. The van der Waals surface area contributed by atoms with Crippen LogP contribution in [0.2, 0.25) is 0 Å². The number of benzene rings is 2. The number of aryl methyl sites for hydroxylation is 1. The quantitative estimate of drug-likeness (QED) is 0.713. The van der Waals surface area contributed by atoms with Crippen molar-refractivity contribution >= 4 is 31.6 Å². The molecule has 2 aromatic carbocycles. The molecule has 0 radical (unpaired) electrons. The molecule has 0 aliphatic rings. The summed E-state index contributed by atoms with van der Waals surface area (Å²) in [5, 5.41) is 0. The third-order valence-corrected chi connectivity index (χ3v) is 5.39. The fourth-order valence-corrected chi connectivity index (χ4v) is 4.00. The second-order valence-corrected chi connectivity index (χ2v) is 7.74. The standard InChI is InChI=1S/C17H14BrN3O2S/c1-12-7-8-14(18)9-16(12)24(22,23)21-15-10-19-17(20-11-15)13-5-3-2-4-6-13/h2-11,21H,1H3. The highest BCUT2D eigenvalue weighted by Crippen LogP contribution is 2.23. The van der Waals surface area contributed by atoms with E-state index in [2.05, 4.69) is 30.6 Å². The minimum absolute atomic E-state index is 0.212. The maximum absolute atomic E-state index is 12.5. The van der Waals surface area contributed by atoms with Crippen LogP contribution in [0.15, 0.2) is 70.3 Å². The van der Waals surface area contributed by atoms with Crippen molar-refractivity contribution in [3.8, 4) is 11.4 Å². The van der Waals surface area contributed by atoms with E-state index in [0.29, 0.717) is 21.5 Å². The van der Waals surface area contributed by atoms with Crippen molar-refractivity contribution in [1.82, 2.24) is 9.97 Å². The van der Waals surface area contributed by atoms with Gasteiger partial charge in [0.15, 0.2) is 5.82 Å². The van der Waals surface area contributed by atoms with Gasteiger partial charge in [0.25, 0.3) is 10.0 Å². The normalized spacial score (nSPS) is 11.2. The Labute approximate surface area is 149 Å². The molecule has 24 heavy (non-hydrogen) atoms. The molecule has 0 aliphatic carbocycles. The maximum Gasteiger partial charge on any atom is 0.262 e. The number of halogens is 1. The first kappa shape index (κ1) is 16.6. The van der Waals surface area contributed by atoms with Crippen LogP contribution in [0.4, 0.5) is 5.69 Å². The molecule has 0 amide bonds. The van der Waals surface area contributed by atoms with Crippen LogP contribution in [0, 0.1) is 6.92 Å². The summed E-state index contributed by atoms with van der Waals surface area (Å²) in [7, 11) is -3.70. The van der Waals surface area contributed by atoms with Gasteiger partial charge in [-0.05, 0) is 24.6 Å². The largest absolute Gasteiger partial charge is 0.276 e. The van der Waals surface area contributed by atoms with Gasteiger partial charge in [0.05, 0.1) is 23.0 Å². The van der Waals surface area contributed by atoms with Gasteiger partial charge in [-0.3, -0.25) is 4.72 Å². The Morgan fingerprint density at radius 1 is 1.00 bits per heavy atom. The highest BCUT2D eigenvalue weighted by atomic mass is 79.9. The smallest absolute Gasteiger partial charge is 0.262 e. The molecule has 122 valence electrons.